The summed E-state index contributed by atoms with van der Waals surface area (Å²) in [6.45, 7) is 0.252. The third kappa shape index (κ3) is 4.91. The number of nitrogens with one attached hydrogen (secondary N) is 2. The van der Waals surface area contributed by atoms with Crippen molar-refractivity contribution >= 4 is 49.3 Å². The Bertz CT molecular complexity index is 1750. The first kappa shape index (κ1) is 23.8. The molecule has 0 aliphatic rings. The fourth-order valence-corrected chi connectivity index (χ4v) is 5.04. The van der Waals surface area contributed by atoms with Crippen LogP contribution in [0.5, 0.6) is 0 Å². The third-order valence-electron chi connectivity index (χ3n) is 5.63. The standard InChI is InChI=1S/C25H19ClFN5O3S/c1-36(34,35)22-7-14(4-17-8-18(27)12-29-23(17)22)5-19-9-16(2-3-28-19)25(33)32-11-15-6-20-21(26)13-31-24(20)30-10-15/h2-4,6-10,12-13H,5,11H2,1H3,(H,30,31)(H,32,33). The molecule has 0 radical (unpaired) electrons. The summed E-state index contributed by atoms with van der Waals surface area (Å²) in [4.78, 5) is 28.3. The van der Waals surface area contributed by atoms with Crippen molar-refractivity contribution in [2.45, 2.75) is 17.9 Å². The van der Waals surface area contributed by atoms with E-state index in [0.717, 1.165) is 23.4 Å². The smallest absolute Gasteiger partial charge is 0.251 e. The van der Waals surface area contributed by atoms with Gasteiger partial charge in [-0.3, -0.25) is 14.8 Å². The van der Waals surface area contributed by atoms with Gasteiger partial charge in [-0.2, -0.15) is 0 Å². The molecular weight excluding hydrogens is 505 g/mol. The first-order valence-corrected chi connectivity index (χ1v) is 13.1. The molecular formula is C25H19ClFN5O3S. The first-order valence-electron chi connectivity index (χ1n) is 10.8. The molecule has 0 saturated carbocycles. The number of benzene rings is 1. The Morgan fingerprint density at radius 2 is 1.92 bits per heavy atom. The zero-order chi connectivity index (χ0) is 25.4. The number of carbonyl (C=O) groups is 1. The van der Waals surface area contributed by atoms with Gasteiger partial charge in [0.05, 0.1) is 21.6 Å². The van der Waals surface area contributed by atoms with Crippen LogP contribution in [-0.4, -0.2) is 40.5 Å². The van der Waals surface area contributed by atoms with E-state index in [4.69, 9.17) is 11.6 Å². The largest absolute Gasteiger partial charge is 0.348 e. The number of hydrogen-bond acceptors (Lipinski definition) is 6. The number of nitrogens with zero attached hydrogens (tertiary/aromatic N) is 3. The van der Waals surface area contributed by atoms with Crippen LogP contribution in [0.15, 0.2) is 66.1 Å². The Labute approximate surface area is 210 Å². The van der Waals surface area contributed by atoms with Crippen LogP contribution in [-0.2, 0) is 22.8 Å². The minimum atomic E-state index is -3.61. The number of carbonyl (C=O) groups excluding carboxylic acids is 1. The molecule has 36 heavy (non-hydrogen) atoms. The summed E-state index contributed by atoms with van der Waals surface area (Å²) >= 11 is 6.14. The van der Waals surface area contributed by atoms with Gasteiger partial charge in [-0.05, 0) is 47.5 Å². The lowest BCUT2D eigenvalue weighted by Crippen LogP contribution is -2.23. The minimum absolute atomic E-state index is 0.0111. The molecule has 1 amide bonds. The molecule has 2 N–H and O–H groups in total. The van der Waals surface area contributed by atoms with Gasteiger partial charge in [0.1, 0.15) is 11.5 Å². The maximum absolute atomic E-state index is 13.8. The van der Waals surface area contributed by atoms with E-state index in [1.165, 1.54) is 18.3 Å². The van der Waals surface area contributed by atoms with E-state index < -0.39 is 15.7 Å². The number of aromatic amines is 1. The van der Waals surface area contributed by atoms with Crippen molar-refractivity contribution in [3.05, 3.63) is 94.4 Å². The normalized spacial score (nSPS) is 11.8. The van der Waals surface area contributed by atoms with Gasteiger partial charge in [-0.15, -0.1) is 0 Å². The molecule has 4 heterocycles. The van der Waals surface area contributed by atoms with Gasteiger partial charge < -0.3 is 10.3 Å². The van der Waals surface area contributed by atoms with E-state index in [1.54, 1.807) is 30.6 Å². The molecule has 5 rings (SSSR count). The summed E-state index contributed by atoms with van der Waals surface area (Å²) in [6, 6.07) is 9.50. The number of hydrogen-bond donors (Lipinski definition) is 2. The predicted octanol–water partition coefficient (Wildman–Crippen LogP) is 4.22. The lowest BCUT2D eigenvalue weighted by Gasteiger charge is -2.10. The van der Waals surface area contributed by atoms with Crippen LogP contribution in [0.25, 0.3) is 21.9 Å². The van der Waals surface area contributed by atoms with Crippen molar-refractivity contribution in [3.8, 4) is 0 Å². The number of sulfone groups is 1. The number of H-pyrrole nitrogens is 1. The number of fused-ring (bicyclic) bond motifs is 2. The molecule has 8 nitrogen and oxygen atoms in total. The van der Waals surface area contributed by atoms with E-state index in [1.807, 2.05) is 6.07 Å². The summed E-state index contributed by atoms with van der Waals surface area (Å²) in [5.74, 6) is -0.871. The Kier molecular flexibility index (Phi) is 6.15. The fourth-order valence-electron chi connectivity index (χ4n) is 3.95. The van der Waals surface area contributed by atoms with Crippen LogP contribution in [0, 0.1) is 5.82 Å². The van der Waals surface area contributed by atoms with Crippen molar-refractivity contribution < 1.29 is 17.6 Å². The number of pyridine rings is 3. The fraction of sp³-hybridized carbons (Fsp3) is 0.120. The topological polar surface area (TPSA) is 118 Å². The molecule has 0 bridgehead atoms. The van der Waals surface area contributed by atoms with Gasteiger partial charge in [-0.1, -0.05) is 11.6 Å². The second-order valence-electron chi connectivity index (χ2n) is 8.36. The molecule has 0 unspecified atom stereocenters. The zero-order valence-corrected chi connectivity index (χ0v) is 20.5. The molecule has 0 fully saturated rings. The number of aromatic nitrogens is 4. The maximum Gasteiger partial charge on any atom is 0.251 e. The number of rotatable bonds is 6. The van der Waals surface area contributed by atoms with Crippen molar-refractivity contribution in [1.29, 1.82) is 0 Å². The molecule has 11 heteroatoms. The molecule has 0 aliphatic carbocycles. The molecule has 0 spiro atoms. The highest BCUT2D eigenvalue weighted by molar-refractivity contribution is 7.91. The lowest BCUT2D eigenvalue weighted by molar-refractivity contribution is 0.0950. The van der Waals surface area contributed by atoms with E-state index in [9.17, 15) is 17.6 Å². The van der Waals surface area contributed by atoms with Crippen LogP contribution in [0.2, 0.25) is 5.02 Å². The Morgan fingerprint density at radius 3 is 2.72 bits per heavy atom. The third-order valence-corrected chi connectivity index (χ3v) is 7.05. The van der Waals surface area contributed by atoms with E-state index in [0.29, 0.717) is 32.9 Å². The molecule has 4 aromatic heterocycles. The predicted molar refractivity (Wildman–Crippen MR) is 134 cm³/mol. The zero-order valence-electron chi connectivity index (χ0n) is 18.9. The number of amides is 1. The maximum atomic E-state index is 13.8. The highest BCUT2D eigenvalue weighted by Gasteiger charge is 2.16. The van der Waals surface area contributed by atoms with Crippen LogP contribution >= 0.6 is 11.6 Å². The summed E-state index contributed by atoms with van der Waals surface area (Å²) in [5, 5.41) is 4.55. The minimum Gasteiger partial charge on any atom is -0.348 e. The lowest BCUT2D eigenvalue weighted by atomic mass is 10.0. The number of halogens is 2. The van der Waals surface area contributed by atoms with Crippen molar-refractivity contribution in [2.24, 2.45) is 0 Å². The molecule has 0 atom stereocenters. The average molecular weight is 524 g/mol. The second-order valence-corrected chi connectivity index (χ2v) is 10.8. The summed E-state index contributed by atoms with van der Waals surface area (Å²) in [5.41, 5.74) is 3.20. The Hall–Kier alpha value is -3.89. The molecule has 5 aromatic rings. The Morgan fingerprint density at radius 1 is 1.08 bits per heavy atom. The average Bonchev–Trinajstić information content (AvgIpc) is 3.21. The summed E-state index contributed by atoms with van der Waals surface area (Å²) < 4.78 is 38.4. The summed E-state index contributed by atoms with van der Waals surface area (Å²) in [7, 11) is -3.61. The van der Waals surface area contributed by atoms with Crippen molar-refractivity contribution in [2.75, 3.05) is 6.26 Å². The van der Waals surface area contributed by atoms with Gasteiger partial charge in [0, 0.05) is 59.8 Å². The quantitative estimate of drug-likeness (QED) is 0.344. The monoisotopic (exact) mass is 523 g/mol. The van der Waals surface area contributed by atoms with E-state index in [2.05, 4.69) is 25.3 Å². The van der Waals surface area contributed by atoms with Gasteiger partial charge in [0.15, 0.2) is 9.84 Å². The first-order chi connectivity index (χ1) is 17.2. The SMILES string of the molecule is CS(=O)(=O)c1cc(Cc2cc(C(=O)NCc3cnc4[nH]cc(Cl)c4c3)ccn2)cc2cc(F)cnc12. The highest BCUT2D eigenvalue weighted by Crippen LogP contribution is 2.26. The molecule has 0 saturated heterocycles. The van der Waals surface area contributed by atoms with Crippen LogP contribution < -0.4 is 5.32 Å². The van der Waals surface area contributed by atoms with Crippen LogP contribution in [0.3, 0.4) is 0 Å². The van der Waals surface area contributed by atoms with E-state index in [-0.39, 0.29) is 29.3 Å². The van der Waals surface area contributed by atoms with Crippen LogP contribution in [0.1, 0.15) is 27.2 Å². The second kappa shape index (κ2) is 9.29. The van der Waals surface area contributed by atoms with Gasteiger partial charge >= 0.3 is 0 Å². The van der Waals surface area contributed by atoms with Gasteiger partial charge in [0.25, 0.3) is 5.91 Å². The van der Waals surface area contributed by atoms with Gasteiger partial charge in [-0.25, -0.2) is 17.8 Å². The highest BCUT2D eigenvalue weighted by atomic mass is 35.5. The molecule has 0 aliphatic heterocycles. The Balaban J connectivity index is 1.37. The van der Waals surface area contributed by atoms with Crippen LogP contribution in [0.4, 0.5) is 4.39 Å². The molecule has 1 aromatic carbocycles. The molecule has 182 valence electrons. The van der Waals surface area contributed by atoms with Crippen molar-refractivity contribution in [1.82, 2.24) is 25.3 Å². The van der Waals surface area contributed by atoms with Crippen molar-refractivity contribution in [3.63, 3.8) is 0 Å². The van der Waals surface area contributed by atoms with Gasteiger partial charge in [0.2, 0.25) is 0 Å². The van der Waals surface area contributed by atoms with E-state index >= 15 is 0 Å². The summed E-state index contributed by atoms with van der Waals surface area (Å²) in [6.07, 6.45) is 7.13.